The summed E-state index contributed by atoms with van der Waals surface area (Å²) in [5.41, 5.74) is 1.53. The normalized spacial score (nSPS) is 13.6. The molecular weight excluding hydrogens is 306 g/mol. The van der Waals surface area contributed by atoms with Crippen LogP contribution in [0, 0.1) is 0 Å². The average molecular weight is 325 g/mol. The zero-order valence-corrected chi connectivity index (χ0v) is 13.5. The highest BCUT2D eigenvalue weighted by Gasteiger charge is 2.16. The van der Waals surface area contributed by atoms with Gasteiger partial charge in [-0.2, -0.15) is 0 Å². The average Bonchev–Trinajstić information content (AvgIpc) is 3.09. The minimum absolute atomic E-state index is 0.162. The topological polar surface area (TPSA) is 87.2 Å². The Morgan fingerprint density at radius 1 is 1.04 bits per heavy atom. The molecule has 1 aliphatic rings. The van der Waals surface area contributed by atoms with Crippen LogP contribution in [0.1, 0.15) is 30.3 Å². The Bertz CT molecular complexity index is 756. The predicted octanol–water partition coefficient (Wildman–Crippen LogP) is 2.29. The standard InChI is InChI=1S/C17H19N5O2/c1-12(23)20-13-5-4-6-14(9-13)21-17(24)15-10-16(19-11-18-15)22-7-2-3-8-22/h4-6,9-11H,2-3,7-8H2,1H3,(H,20,23)(H,21,24). The third-order valence-electron chi connectivity index (χ3n) is 3.76. The summed E-state index contributed by atoms with van der Waals surface area (Å²) in [5, 5.41) is 5.47. The Hall–Kier alpha value is -2.96. The van der Waals surface area contributed by atoms with Crippen LogP contribution in [0.2, 0.25) is 0 Å². The van der Waals surface area contributed by atoms with E-state index >= 15 is 0 Å². The number of hydrogen-bond donors (Lipinski definition) is 2. The molecule has 0 atom stereocenters. The predicted molar refractivity (Wildman–Crippen MR) is 92.2 cm³/mol. The fraction of sp³-hybridized carbons (Fsp3) is 0.294. The van der Waals surface area contributed by atoms with Crippen LogP contribution < -0.4 is 15.5 Å². The van der Waals surface area contributed by atoms with Crippen molar-refractivity contribution < 1.29 is 9.59 Å². The fourth-order valence-electron chi connectivity index (χ4n) is 2.66. The molecule has 1 aromatic carbocycles. The maximum atomic E-state index is 12.4. The summed E-state index contributed by atoms with van der Waals surface area (Å²) < 4.78 is 0. The van der Waals surface area contributed by atoms with Gasteiger partial charge >= 0.3 is 0 Å². The molecule has 7 nitrogen and oxygen atoms in total. The largest absolute Gasteiger partial charge is 0.357 e. The summed E-state index contributed by atoms with van der Waals surface area (Å²) in [5.74, 6) is 0.307. The van der Waals surface area contributed by atoms with Crippen LogP contribution in [0.3, 0.4) is 0 Å². The van der Waals surface area contributed by atoms with Gasteiger partial charge < -0.3 is 15.5 Å². The van der Waals surface area contributed by atoms with Crippen molar-refractivity contribution in [1.82, 2.24) is 9.97 Å². The van der Waals surface area contributed by atoms with Crippen LogP contribution in [-0.4, -0.2) is 34.9 Å². The van der Waals surface area contributed by atoms with Gasteiger partial charge in [-0.25, -0.2) is 9.97 Å². The zero-order chi connectivity index (χ0) is 16.9. The molecule has 2 N–H and O–H groups in total. The molecular formula is C17H19N5O2. The number of aromatic nitrogens is 2. The fourth-order valence-corrected chi connectivity index (χ4v) is 2.66. The highest BCUT2D eigenvalue weighted by Crippen LogP contribution is 2.19. The Balaban J connectivity index is 1.73. The van der Waals surface area contributed by atoms with Gasteiger partial charge in [0.25, 0.3) is 5.91 Å². The number of carbonyl (C=O) groups is 2. The third-order valence-corrected chi connectivity index (χ3v) is 3.76. The van der Waals surface area contributed by atoms with E-state index in [1.807, 2.05) is 0 Å². The maximum Gasteiger partial charge on any atom is 0.274 e. The molecule has 0 aliphatic carbocycles. The quantitative estimate of drug-likeness (QED) is 0.900. The SMILES string of the molecule is CC(=O)Nc1cccc(NC(=O)c2cc(N3CCCC3)ncn2)c1. The number of nitrogens with zero attached hydrogens (tertiary/aromatic N) is 3. The lowest BCUT2D eigenvalue weighted by Crippen LogP contribution is -2.21. The molecule has 1 aliphatic heterocycles. The smallest absolute Gasteiger partial charge is 0.274 e. The van der Waals surface area contributed by atoms with Gasteiger partial charge in [0, 0.05) is 37.5 Å². The summed E-state index contributed by atoms with van der Waals surface area (Å²) >= 11 is 0. The first kappa shape index (κ1) is 15.9. The molecule has 3 rings (SSSR count). The molecule has 0 spiro atoms. The molecule has 1 saturated heterocycles. The lowest BCUT2D eigenvalue weighted by atomic mass is 10.2. The monoisotopic (exact) mass is 325 g/mol. The summed E-state index contributed by atoms with van der Waals surface area (Å²) in [4.78, 5) is 34.0. The van der Waals surface area contributed by atoms with Crippen LogP contribution in [0.5, 0.6) is 0 Å². The van der Waals surface area contributed by atoms with Crippen molar-refractivity contribution >= 4 is 29.0 Å². The van der Waals surface area contributed by atoms with E-state index in [-0.39, 0.29) is 11.8 Å². The number of rotatable bonds is 4. The number of amides is 2. The van der Waals surface area contributed by atoms with E-state index in [4.69, 9.17) is 0 Å². The van der Waals surface area contributed by atoms with Crippen LogP contribution in [-0.2, 0) is 4.79 Å². The van der Waals surface area contributed by atoms with Crippen molar-refractivity contribution in [3.8, 4) is 0 Å². The third kappa shape index (κ3) is 3.87. The highest BCUT2D eigenvalue weighted by atomic mass is 16.2. The van der Waals surface area contributed by atoms with E-state index in [1.54, 1.807) is 30.3 Å². The second-order valence-corrected chi connectivity index (χ2v) is 5.67. The molecule has 0 unspecified atom stereocenters. The van der Waals surface area contributed by atoms with E-state index in [2.05, 4.69) is 25.5 Å². The van der Waals surface area contributed by atoms with E-state index in [0.717, 1.165) is 31.7 Å². The number of nitrogens with one attached hydrogen (secondary N) is 2. The number of hydrogen-bond acceptors (Lipinski definition) is 5. The van der Waals surface area contributed by atoms with Crippen molar-refractivity contribution in [3.63, 3.8) is 0 Å². The van der Waals surface area contributed by atoms with Crippen LogP contribution >= 0.6 is 0 Å². The second-order valence-electron chi connectivity index (χ2n) is 5.67. The van der Waals surface area contributed by atoms with Crippen molar-refractivity contribution in [2.75, 3.05) is 28.6 Å². The highest BCUT2D eigenvalue weighted by molar-refractivity contribution is 6.03. The van der Waals surface area contributed by atoms with Gasteiger partial charge in [-0.05, 0) is 31.0 Å². The van der Waals surface area contributed by atoms with E-state index in [9.17, 15) is 9.59 Å². The summed E-state index contributed by atoms with van der Waals surface area (Å²) in [6.45, 7) is 3.35. The molecule has 1 fully saturated rings. The lowest BCUT2D eigenvalue weighted by molar-refractivity contribution is -0.114. The van der Waals surface area contributed by atoms with Crippen molar-refractivity contribution in [2.24, 2.45) is 0 Å². The second kappa shape index (κ2) is 7.08. The minimum Gasteiger partial charge on any atom is -0.357 e. The van der Waals surface area contributed by atoms with Crippen LogP contribution in [0.25, 0.3) is 0 Å². The first-order chi connectivity index (χ1) is 11.6. The molecule has 0 saturated carbocycles. The zero-order valence-electron chi connectivity index (χ0n) is 13.5. The maximum absolute atomic E-state index is 12.4. The van der Waals surface area contributed by atoms with E-state index < -0.39 is 0 Å². The Kier molecular flexibility index (Phi) is 4.69. The molecule has 1 aromatic heterocycles. The van der Waals surface area contributed by atoms with Gasteiger partial charge in [-0.3, -0.25) is 9.59 Å². The number of carbonyl (C=O) groups excluding carboxylic acids is 2. The van der Waals surface area contributed by atoms with Gasteiger partial charge in [-0.15, -0.1) is 0 Å². The van der Waals surface area contributed by atoms with Gasteiger partial charge in [0.15, 0.2) is 0 Å². The van der Waals surface area contributed by atoms with Gasteiger partial charge in [0.1, 0.15) is 17.8 Å². The molecule has 124 valence electrons. The van der Waals surface area contributed by atoms with E-state index in [0.29, 0.717) is 17.1 Å². The molecule has 2 amide bonds. The molecule has 2 aromatic rings. The van der Waals surface area contributed by atoms with Gasteiger partial charge in [-0.1, -0.05) is 6.07 Å². The van der Waals surface area contributed by atoms with Gasteiger partial charge in [0.2, 0.25) is 5.91 Å². The van der Waals surface area contributed by atoms with Crippen molar-refractivity contribution in [1.29, 1.82) is 0 Å². The Morgan fingerprint density at radius 2 is 1.75 bits per heavy atom. The first-order valence-electron chi connectivity index (χ1n) is 7.88. The molecule has 0 bridgehead atoms. The van der Waals surface area contributed by atoms with Crippen LogP contribution in [0.15, 0.2) is 36.7 Å². The lowest BCUT2D eigenvalue weighted by Gasteiger charge is -2.16. The van der Waals surface area contributed by atoms with Gasteiger partial charge in [0.05, 0.1) is 0 Å². The van der Waals surface area contributed by atoms with Crippen LogP contribution in [0.4, 0.5) is 17.2 Å². The Morgan fingerprint density at radius 3 is 2.46 bits per heavy atom. The number of benzene rings is 1. The molecule has 2 heterocycles. The van der Waals surface area contributed by atoms with E-state index in [1.165, 1.54) is 13.3 Å². The van der Waals surface area contributed by atoms with Crippen molar-refractivity contribution in [2.45, 2.75) is 19.8 Å². The van der Waals surface area contributed by atoms with Crippen molar-refractivity contribution in [3.05, 3.63) is 42.4 Å². The minimum atomic E-state index is -0.308. The molecule has 7 heteroatoms. The molecule has 24 heavy (non-hydrogen) atoms. The summed E-state index contributed by atoms with van der Waals surface area (Å²) in [6.07, 6.45) is 3.69. The molecule has 0 radical (unpaired) electrons. The Labute approximate surface area is 140 Å². The summed E-state index contributed by atoms with van der Waals surface area (Å²) in [6, 6.07) is 8.68. The number of anilines is 3. The summed E-state index contributed by atoms with van der Waals surface area (Å²) in [7, 11) is 0. The first-order valence-corrected chi connectivity index (χ1v) is 7.88.